The van der Waals surface area contributed by atoms with Crippen molar-refractivity contribution in [2.45, 2.75) is 32.8 Å². The summed E-state index contributed by atoms with van der Waals surface area (Å²) in [4.78, 5) is 11.9. The number of aromatic nitrogens is 3. The highest BCUT2D eigenvalue weighted by Crippen LogP contribution is 2.12. The monoisotopic (exact) mass is 291 g/mol. The molecule has 0 radical (unpaired) electrons. The Morgan fingerprint density at radius 3 is 2.35 bits per heavy atom. The summed E-state index contributed by atoms with van der Waals surface area (Å²) in [6.45, 7) is 4.43. The Hall–Kier alpha value is -1.77. The first kappa shape index (κ1) is 16.3. The summed E-state index contributed by atoms with van der Waals surface area (Å²) in [7, 11) is 0. The summed E-state index contributed by atoms with van der Waals surface area (Å²) in [5, 5.41) is 14.5. The minimum absolute atomic E-state index is 0.0711. The molecular weight excluding hydrogens is 272 g/mol. The average Bonchev–Trinajstić information content (AvgIpc) is 2.42. The number of aliphatic hydroxyl groups excluding tert-OH is 1. The van der Waals surface area contributed by atoms with Gasteiger partial charge in [-0.15, -0.1) is 0 Å². The third-order valence-corrected chi connectivity index (χ3v) is 2.18. The number of nitrogens with one attached hydrogen (secondary N) is 2. The smallest absolute Gasteiger partial charge is 0.323 e. The van der Waals surface area contributed by atoms with Crippen LogP contribution in [-0.2, 0) is 0 Å². The Labute approximate surface area is 115 Å². The molecule has 114 valence electrons. The first-order valence-electron chi connectivity index (χ1n) is 6.39. The van der Waals surface area contributed by atoms with Crippen molar-refractivity contribution in [1.82, 2.24) is 15.0 Å². The van der Waals surface area contributed by atoms with Crippen LogP contribution in [0.4, 0.5) is 20.7 Å². The van der Waals surface area contributed by atoms with Gasteiger partial charge in [0.05, 0.1) is 6.61 Å². The van der Waals surface area contributed by atoms with E-state index in [1.807, 2.05) is 6.92 Å². The predicted molar refractivity (Wildman–Crippen MR) is 70.3 cm³/mol. The molecule has 7 nitrogen and oxygen atoms in total. The predicted octanol–water partition coefficient (Wildman–Crippen LogP) is 1.13. The number of hydrogen-bond donors (Lipinski definition) is 3. The van der Waals surface area contributed by atoms with Crippen LogP contribution < -0.4 is 15.4 Å². The average molecular weight is 291 g/mol. The minimum Gasteiger partial charge on any atom is -0.464 e. The highest BCUT2D eigenvalue weighted by Gasteiger charge is 2.17. The maximum atomic E-state index is 12.2. The van der Waals surface area contributed by atoms with Crippen LogP contribution >= 0.6 is 0 Å². The van der Waals surface area contributed by atoms with Gasteiger partial charge in [-0.05, 0) is 13.3 Å². The molecule has 20 heavy (non-hydrogen) atoms. The van der Waals surface area contributed by atoms with E-state index in [0.29, 0.717) is 19.1 Å². The van der Waals surface area contributed by atoms with Crippen molar-refractivity contribution >= 4 is 11.9 Å². The number of ether oxygens (including phenoxy) is 1. The lowest BCUT2D eigenvalue weighted by Crippen LogP contribution is -2.27. The summed E-state index contributed by atoms with van der Waals surface area (Å²) in [5.74, 6) is 0.362. The zero-order chi connectivity index (χ0) is 15.0. The van der Waals surface area contributed by atoms with E-state index in [1.54, 1.807) is 6.92 Å². The van der Waals surface area contributed by atoms with Gasteiger partial charge in [0, 0.05) is 13.1 Å². The summed E-state index contributed by atoms with van der Waals surface area (Å²) in [6.07, 6.45) is -3.73. The van der Waals surface area contributed by atoms with E-state index < -0.39 is 12.5 Å². The molecule has 1 unspecified atom stereocenters. The SMILES string of the molecule is CCCNc1nc(NCC(O)C(F)F)nc(OCC)n1. The molecule has 0 aliphatic carbocycles. The second-order valence-corrected chi connectivity index (χ2v) is 3.91. The number of nitrogens with zero attached hydrogens (tertiary/aromatic N) is 3. The zero-order valence-electron chi connectivity index (χ0n) is 11.4. The first-order chi connectivity index (χ1) is 9.56. The van der Waals surface area contributed by atoms with Gasteiger partial charge in [0.1, 0.15) is 6.10 Å². The van der Waals surface area contributed by atoms with Crippen LogP contribution in [0.15, 0.2) is 0 Å². The lowest BCUT2D eigenvalue weighted by atomic mass is 10.4. The van der Waals surface area contributed by atoms with Crippen molar-refractivity contribution in [3.63, 3.8) is 0 Å². The van der Waals surface area contributed by atoms with E-state index >= 15 is 0 Å². The highest BCUT2D eigenvalue weighted by atomic mass is 19.3. The summed E-state index contributed by atoms with van der Waals surface area (Å²) in [5.41, 5.74) is 0. The second kappa shape index (κ2) is 8.41. The van der Waals surface area contributed by atoms with Gasteiger partial charge in [-0.25, -0.2) is 8.78 Å². The molecular formula is C11H19F2N5O2. The maximum Gasteiger partial charge on any atom is 0.323 e. The number of halogens is 2. The Morgan fingerprint density at radius 2 is 1.80 bits per heavy atom. The quantitative estimate of drug-likeness (QED) is 0.628. The summed E-state index contributed by atoms with van der Waals surface area (Å²) >= 11 is 0. The first-order valence-corrected chi connectivity index (χ1v) is 6.39. The highest BCUT2D eigenvalue weighted by molar-refractivity contribution is 5.35. The van der Waals surface area contributed by atoms with E-state index in [0.717, 1.165) is 6.42 Å². The molecule has 1 aromatic heterocycles. The number of aliphatic hydroxyl groups is 1. The van der Waals surface area contributed by atoms with Crippen molar-refractivity contribution in [3.8, 4) is 6.01 Å². The molecule has 1 atom stereocenters. The molecule has 0 bridgehead atoms. The number of anilines is 2. The van der Waals surface area contributed by atoms with Crippen LogP contribution in [0.25, 0.3) is 0 Å². The molecule has 0 fully saturated rings. The third kappa shape index (κ3) is 5.47. The second-order valence-electron chi connectivity index (χ2n) is 3.91. The van der Waals surface area contributed by atoms with Gasteiger partial charge in [0.2, 0.25) is 11.9 Å². The maximum absolute atomic E-state index is 12.2. The molecule has 0 spiro atoms. The fourth-order valence-corrected chi connectivity index (χ4v) is 1.23. The van der Waals surface area contributed by atoms with Gasteiger partial charge in [-0.2, -0.15) is 15.0 Å². The van der Waals surface area contributed by atoms with Gasteiger partial charge < -0.3 is 20.5 Å². The fourth-order valence-electron chi connectivity index (χ4n) is 1.23. The van der Waals surface area contributed by atoms with Crippen molar-refractivity contribution in [1.29, 1.82) is 0 Å². The van der Waals surface area contributed by atoms with Crippen LogP contribution in [0, 0.1) is 0 Å². The topological polar surface area (TPSA) is 92.2 Å². The largest absolute Gasteiger partial charge is 0.464 e. The lowest BCUT2D eigenvalue weighted by Gasteiger charge is -2.12. The number of hydrogen-bond acceptors (Lipinski definition) is 7. The normalized spacial score (nSPS) is 12.3. The molecule has 0 aromatic carbocycles. The van der Waals surface area contributed by atoms with Crippen LogP contribution in [0.2, 0.25) is 0 Å². The summed E-state index contributed by atoms with van der Waals surface area (Å²) < 4.78 is 29.6. The molecule has 9 heteroatoms. The lowest BCUT2D eigenvalue weighted by molar-refractivity contribution is 0.00376. The molecule has 0 saturated heterocycles. The van der Waals surface area contributed by atoms with Crippen molar-refractivity contribution in [3.05, 3.63) is 0 Å². The van der Waals surface area contributed by atoms with Crippen LogP contribution in [0.5, 0.6) is 6.01 Å². The van der Waals surface area contributed by atoms with Crippen LogP contribution in [0.3, 0.4) is 0 Å². The minimum atomic E-state index is -2.83. The third-order valence-electron chi connectivity index (χ3n) is 2.18. The van der Waals surface area contributed by atoms with E-state index in [4.69, 9.17) is 9.84 Å². The van der Waals surface area contributed by atoms with E-state index in [-0.39, 0.29) is 18.5 Å². The Kier molecular flexibility index (Phi) is 6.85. The standard InChI is InChI=1S/C11H19F2N5O2/c1-3-5-14-9-16-10(15-6-7(19)8(12)13)18-11(17-9)20-4-2/h7-8,19H,3-6H2,1-2H3,(H2,14,15,16,17,18). The molecule has 0 amide bonds. The molecule has 1 aromatic rings. The Bertz CT molecular complexity index is 408. The van der Waals surface area contributed by atoms with Gasteiger partial charge in [0.15, 0.2) is 0 Å². The van der Waals surface area contributed by atoms with Crippen molar-refractivity contribution in [2.75, 3.05) is 30.3 Å². The van der Waals surface area contributed by atoms with E-state index in [9.17, 15) is 8.78 Å². The Morgan fingerprint density at radius 1 is 1.15 bits per heavy atom. The van der Waals surface area contributed by atoms with Gasteiger partial charge >= 0.3 is 6.01 Å². The van der Waals surface area contributed by atoms with E-state index in [2.05, 4.69) is 25.6 Å². The number of alkyl halides is 2. The fraction of sp³-hybridized carbons (Fsp3) is 0.727. The van der Waals surface area contributed by atoms with Crippen LogP contribution in [0.1, 0.15) is 20.3 Å². The van der Waals surface area contributed by atoms with Gasteiger partial charge in [-0.3, -0.25) is 0 Å². The van der Waals surface area contributed by atoms with E-state index in [1.165, 1.54) is 0 Å². The molecule has 0 aliphatic heterocycles. The molecule has 3 N–H and O–H groups in total. The van der Waals surface area contributed by atoms with Crippen LogP contribution in [-0.4, -0.2) is 52.3 Å². The molecule has 1 heterocycles. The Balaban J connectivity index is 2.74. The van der Waals surface area contributed by atoms with Crippen molar-refractivity contribution in [2.24, 2.45) is 0 Å². The molecule has 0 aliphatic rings. The summed E-state index contributed by atoms with van der Waals surface area (Å²) in [6, 6.07) is 0.0927. The van der Waals surface area contributed by atoms with Crippen molar-refractivity contribution < 1.29 is 18.6 Å². The van der Waals surface area contributed by atoms with Gasteiger partial charge in [0.25, 0.3) is 6.43 Å². The van der Waals surface area contributed by atoms with Gasteiger partial charge in [-0.1, -0.05) is 6.92 Å². The zero-order valence-corrected chi connectivity index (χ0v) is 11.4. The molecule has 1 rings (SSSR count). The number of rotatable bonds is 9. The molecule has 0 saturated carbocycles.